The van der Waals surface area contributed by atoms with Gasteiger partial charge in [0.1, 0.15) is 5.82 Å². The molecule has 0 bridgehead atoms. The molecular weight excluding hydrogens is 387 g/mol. The molecule has 1 atom stereocenters. The molecule has 1 aromatic heterocycles. The van der Waals surface area contributed by atoms with E-state index in [9.17, 15) is 4.39 Å². The fourth-order valence-corrected chi connectivity index (χ4v) is 3.30. The largest absolute Gasteiger partial charge is 0.305 e. The number of aryl methyl sites for hydroxylation is 1. The Bertz CT molecular complexity index is 617. The molecule has 1 heterocycles. The standard InChI is InChI=1S/C15H15Br2FN2/c1-3-19-14(11-6-9(2)4-5-13(11)18)15-12(17)7-10(16)8-20-15/h4-8,14,19H,3H2,1-2H3. The molecule has 106 valence electrons. The van der Waals surface area contributed by atoms with Crippen LogP contribution in [0.4, 0.5) is 4.39 Å². The summed E-state index contributed by atoms with van der Waals surface area (Å²) in [6, 6.07) is 6.77. The Kier molecular flexibility index (Phi) is 5.29. The number of nitrogens with zero attached hydrogens (tertiary/aromatic N) is 1. The molecule has 0 aliphatic carbocycles. The van der Waals surface area contributed by atoms with Gasteiger partial charge in [0.2, 0.25) is 0 Å². The van der Waals surface area contributed by atoms with Crippen molar-refractivity contribution in [3.63, 3.8) is 0 Å². The minimum atomic E-state index is -0.276. The van der Waals surface area contributed by atoms with Crippen LogP contribution >= 0.6 is 31.9 Å². The number of rotatable bonds is 4. The summed E-state index contributed by atoms with van der Waals surface area (Å²) in [4.78, 5) is 4.42. The number of aromatic nitrogens is 1. The maximum absolute atomic E-state index is 14.1. The fourth-order valence-electron chi connectivity index (χ4n) is 2.08. The van der Waals surface area contributed by atoms with Crippen LogP contribution in [0.1, 0.15) is 29.8 Å². The zero-order valence-electron chi connectivity index (χ0n) is 11.3. The third-order valence-corrected chi connectivity index (χ3v) is 4.05. The number of pyridine rings is 1. The molecule has 2 nitrogen and oxygen atoms in total. The lowest BCUT2D eigenvalue weighted by Crippen LogP contribution is -2.24. The highest BCUT2D eigenvalue weighted by atomic mass is 79.9. The molecule has 1 aromatic carbocycles. The van der Waals surface area contributed by atoms with Gasteiger partial charge in [-0.2, -0.15) is 0 Å². The summed E-state index contributed by atoms with van der Waals surface area (Å²) in [6.07, 6.45) is 1.72. The summed E-state index contributed by atoms with van der Waals surface area (Å²) in [6.45, 7) is 4.67. The first-order valence-corrected chi connectivity index (χ1v) is 7.92. The molecule has 0 spiro atoms. The first-order chi connectivity index (χ1) is 9.52. The van der Waals surface area contributed by atoms with E-state index in [1.165, 1.54) is 6.07 Å². The van der Waals surface area contributed by atoms with Gasteiger partial charge in [-0.1, -0.05) is 24.6 Å². The second-order valence-electron chi connectivity index (χ2n) is 4.54. The number of halogens is 3. The number of nitrogens with one attached hydrogen (secondary N) is 1. The zero-order valence-corrected chi connectivity index (χ0v) is 14.4. The van der Waals surface area contributed by atoms with Crippen molar-refractivity contribution in [3.05, 3.63) is 62.0 Å². The topological polar surface area (TPSA) is 24.9 Å². The van der Waals surface area contributed by atoms with Gasteiger partial charge in [0.25, 0.3) is 0 Å². The molecule has 0 amide bonds. The van der Waals surface area contributed by atoms with Crippen molar-refractivity contribution in [3.8, 4) is 0 Å². The van der Waals surface area contributed by atoms with Crippen molar-refractivity contribution in [2.75, 3.05) is 6.54 Å². The van der Waals surface area contributed by atoms with Crippen molar-refractivity contribution in [1.82, 2.24) is 10.3 Å². The Morgan fingerprint density at radius 3 is 2.70 bits per heavy atom. The van der Waals surface area contributed by atoms with Crippen molar-refractivity contribution in [1.29, 1.82) is 0 Å². The predicted octanol–water partition coefficient (Wildman–Crippen LogP) is 4.75. The second kappa shape index (κ2) is 6.78. The van der Waals surface area contributed by atoms with Crippen LogP contribution in [0.3, 0.4) is 0 Å². The van der Waals surface area contributed by atoms with Crippen LogP contribution in [-0.4, -0.2) is 11.5 Å². The highest BCUT2D eigenvalue weighted by Gasteiger charge is 2.21. The molecule has 0 saturated heterocycles. The lowest BCUT2D eigenvalue weighted by Gasteiger charge is -2.20. The van der Waals surface area contributed by atoms with Crippen LogP contribution in [0.25, 0.3) is 0 Å². The molecule has 0 aliphatic rings. The predicted molar refractivity (Wildman–Crippen MR) is 86.3 cm³/mol. The minimum absolute atomic E-state index is 0.224. The van der Waals surface area contributed by atoms with Crippen molar-refractivity contribution in [2.24, 2.45) is 0 Å². The first-order valence-electron chi connectivity index (χ1n) is 6.33. The highest BCUT2D eigenvalue weighted by Crippen LogP contribution is 2.30. The summed E-state index contributed by atoms with van der Waals surface area (Å²) >= 11 is 6.88. The van der Waals surface area contributed by atoms with Gasteiger partial charge in [0.15, 0.2) is 0 Å². The van der Waals surface area contributed by atoms with E-state index in [1.54, 1.807) is 12.3 Å². The normalized spacial score (nSPS) is 12.4. The number of benzene rings is 1. The Morgan fingerprint density at radius 2 is 2.05 bits per heavy atom. The third kappa shape index (κ3) is 3.45. The molecule has 0 saturated carbocycles. The van der Waals surface area contributed by atoms with E-state index in [-0.39, 0.29) is 11.9 Å². The van der Waals surface area contributed by atoms with Gasteiger partial charge in [-0.3, -0.25) is 4.98 Å². The van der Waals surface area contributed by atoms with Gasteiger partial charge >= 0.3 is 0 Å². The average molecular weight is 402 g/mol. The molecule has 2 aromatic rings. The van der Waals surface area contributed by atoms with Gasteiger partial charge in [-0.15, -0.1) is 0 Å². The maximum atomic E-state index is 14.1. The van der Waals surface area contributed by atoms with Crippen LogP contribution in [0.15, 0.2) is 39.4 Å². The molecule has 0 radical (unpaired) electrons. The number of hydrogen-bond acceptors (Lipinski definition) is 2. The maximum Gasteiger partial charge on any atom is 0.128 e. The summed E-state index contributed by atoms with van der Waals surface area (Å²) in [5.41, 5.74) is 2.42. The Morgan fingerprint density at radius 1 is 1.30 bits per heavy atom. The van der Waals surface area contributed by atoms with Gasteiger partial charge in [-0.05, 0) is 57.5 Å². The third-order valence-electron chi connectivity index (χ3n) is 2.98. The van der Waals surface area contributed by atoms with E-state index in [2.05, 4.69) is 42.2 Å². The van der Waals surface area contributed by atoms with Crippen LogP contribution in [0.2, 0.25) is 0 Å². The van der Waals surface area contributed by atoms with E-state index < -0.39 is 0 Å². The van der Waals surface area contributed by atoms with Crippen LogP contribution in [0.5, 0.6) is 0 Å². The van der Waals surface area contributed by atoms with E-state index in [1.807, 2.05) is 26.0 Å². The van der Waals surface area contributed by atoms with Crippen LogP contribution in [0, 0.1) is 12.7 Å². The molecule has 0 aliphatic heterocycles. The summed E-state index contributed by atoms with van der Waals surface area (Å²) in [5.74, 6) is -0.224. The summed E-state index contributed by atoms with van der Waals surface area (Å²) in [5, 5.41) is 3.30. The lowest BCUT2D eigenvalue weighted by atomic mass is 10.0. The molecule has 20 heavy (non-hydrogen) atoms. The monoisotopic (exact) mass is 400 g/mol. The van der Waals surface area contributed by atoms with Gasteiger partial charge in [-0.25, -0.2) is 4.39 Å². The van der Waals surface area contributed by atoms with Gasteiger partial charge in [0, 0.05) is 20.7 Å². The van der Waals surface area contributed by atoms with E-state index in [4.69, 9.17) is 0 Å². The Labute approximate surface area is 135 Å². The summed E-state index contributed by atoms with van der Waals surface area (Å²) in [7, 11) is 0. The molecule has 2 rings (SSSR count). The first kappa shape index (κ1) is 15.6. The van der Waals surface area contributed by atoms with E-state index in [0.717, 1.165) is 26.7 Å². The fraction of sp³-hybridized carbons (Fsp3) is 0.267. The summed E-state index contributed by atoms with van der Waals surface area (Å²) < 4.78 is 15.9. The zero-order chi connectivity index (χ0) is 14.7. The van der Waals surface area contributed by atoms with Crippen molar-refractivity contribution < 1.29 is 4.39 Å². The minimum Gasteiger partial charge on any atom is -0.305 e. The van der Waals surface area contributed by atoms with Crippen LogP contribution < -0.4 is 5.32 Å². The Balaban J connectivity index is 2.53. The van der Waals surface area contributed by atoms with Gasteiger partial charge < -0.3 is 5.32 Å². The Hall–Kier alpha value is -0.780. The quantitative estimate of drug-likeness (QED) is 0.799. The smallest absolute Gasteiger partial charge is 0.128 e. The molecule has 0 fully saturated rings. The average Bonchev–Trinajstić information content (AvgIpc) is 2.40. The lowest BCUT2D eigenvalue weighted by molar-refractivity contribution is 0.550. The van der Waals surface area contributed by atoms with Crippen molar-refractivity contribution >= 4 is 31.9 Å². The van der Waals surface area contributed by atoms with Crippen molar-refractivity contribution in [2.45, 2.75) is 19.9 Å². The van der Waals surface area contributed by atoms with E-state index >= 15 is 0 Å². The van der Waals surface area contributed by atoms with E-state index in [0.29, 0.717) is 5.56 Å². The highest BCUT2D eigenvalue weighted by molar-refractivity contribution is 9.11. The molecule has 1 unspecified atom stereocenters. The molecule has 1 N–H and O–H groups in total. The number of hydrogen-bond donors (Lipinski definition) is 1. The molecule has 5 heteroatoms. The van der Waals surface area contributed by atoms with Crippen LogP contribution in [-0.2, 0) is 0 Å². The van der Waals surface area contributed by atoms with Gasteiger partial charge in [0.05, 0.1) is 11.7 Å². The second-order valence-corrected chi connectivity index (χ2v) is 6.31. The SMILES string of the molecule is CCNC(c1cc(C)ccc1F)c1ncc(Br)cc1Br. The molecular formula is C15H15Br2FN2.